The first-order chi connectivity index (χ1) is 14.2. The van der Waals surface area contributed by atoms with Gasteiger partial charge in [0, 0.05) is 35.4 Å². The standard InChI is InChI=1S/C22H21ClN6/c1-14-22(27-28-26-14)16-8-9-24-19(10-16)20-12-29(13-25-20)11-17-6-2-4-15-5-3-7-18(23)21(15)17/h3,5,7-10,12-13,17H,2,4,6,11H2,1H3,(H,26,27,28)/t17-/m1/s1. The molecule has 6 nitrogen and oxygen atoms in total. The molecule has 0 spiro atoms. The summed E-state index contributed by atoms with van der Waals surface area (Å²) in [5.41, 5.74) is 7.03. The number of halogens is 1. The van der Waals surface area contributed by atoms with E-state index in [0.29, 0.717) is 5.92 Å². The first-order valence-electron chi connectivity index (χ1n) is 9.82. The first-order valence-corrected chi connectivity index (χ1v) is 10.2. The number of rotatable bonds is 4. The molecule has 0 amide bonds. The van der Waals surface area contributed by atoms with Crippen LogP contribution in [-0.4, -0.2) is 29.9 Å². The predicted molar refractivity (Wildman–Crippen MR) is 113 cm³/mol. The molecule has 29 heavy (non-hydrogen) atoms. The molecule has 0 saturated carbocycles. The van der Waals surface area contributed by atoms with Gasteiger partial charge in [-0.05, 0) is 55.5 Å². The summed E-state index contributed by atoms with van der Waals surface area (Å²) in [6.45, 7) is 2.80. The van der Waals surface area contributed by atoms with E-state index in [-0.39, 0.29) is 0 Å². The molecule has 0 aliphatic heterocycles. The Kier molecular flexibility index (Phi) is 4.64. The molecule has 1 aliphatic rings. The lowest BCUT2D eigenvalue weighted by molar-refractivity contribution is 0.483. The minimum Gasteiger partial charge on any atom is -0.336 e. The summed E-state index contributed by atoms with van der Waals surface area (Å²) in [5, 5.41) is 11.9. The molecule has 1 aliphatic carbocycles. The third-order valence-corrected chi connectivity index (χ3v) is 5.96. The van der Waals surface area contributed by atoms with Gasteiger partial charge in [-0.3, -0.25) is 4.98 Å². The van der Waals surface area contributed by atoms with Gasteiger partial charge in [0.05, 0.1) is 17.7 Å². The van der Waals surface area contributed by atoms with Crippen molar-refractivity contribution in [2.45, 2.75) is 38.6 Å². The normalized spacial score (nSPS) is 16.0. The average Bonchev–Trinajstić information content (AvgIpc) is 3.37. The van der Waals surface area contributed by atoms with Crippen molar-refractivity contribution in [2.24, 2.45) is 0 Å². The van der Waals surface area contributed by atoms with Crippen molar-refractivity contribution >= 4 is 11.6 Å². The van der Waals surface area contributed by atoms with Gasteiger partial charge in [0.15, 0.2) is 0 Å². The molecule has 146 valence electrons. The second-order valence-electron chi connectivity index (χ2n) is 7.54. The summed E-state index contributed by atoms with van der Waals surface area (Å²) in [4.78, 5) is 9.10. The van der Waals surface area contributed by atoms with Crippen molar-refractivity contribution in [1.82, 2.24) is 29.9 Å². The number of imidazole rings is 1. The molecular formula is C22H21ClN6. The molecule has 4 aromatic rings. The number of nitrogens with one attached hydrogen (secondary N) is 1. The molecule has 1 aromatic carbocycles. The number of H-pyrrole nitrogens is 1. The van der Waals surface area contributed by atoms with Crippen LogP contribution in [0, 0.1) is 6.92 Å². The fourth-order valence-electron chi connectivity index (χ4n) is 4.24. The van der Waals surface area contributed by atoms with Crippen molar-refractivity contribution in [3.63, 3.8) is 0 Å². The second kappa shape index (κ2) is 7.44. The number of hydrogen-bond acceptors (Lipinski definition) is 4. The number of aromatic amines is 1. The maximum absolute atomic E-state index is 6.53. The van der Waals surface area contributed by atoms with Crippen molar-refractivity contribution in [2.75, 3.05) is 0 Å². The van der Waals surface area contributed by atoms with Gasteiger partial charge in [-0.25, -0.2) is 4.98 Å². The molecule has 0 bridgehead atoms. The number of aromatic nitrogens is 6. The Morgan fingerprint density at radius 1 is 1.17 bits per heavy atom. The Morgan fingerprint density at radius 3 is 2.97 bits per heavy atom. The van der Waals surface area contributed by atoms with Gasteiger partial charge in [-0.15, -0.1) is 0 Å². The highest BCUT2D eigenvalue weighted by molar-refractivity contribution is 6.31. The molecule has 0 radical (unpaired) electrons. The van der Waals surface area contributed by atoms with Gasteiger partial charge >= 0.3 is 0 Å². The Labute approximate surface area is 174 Å². The fourth-order valence-corrected chi connectivity index (χ4v) is 4.59. The number of hydrogen-bond donors (Lipinski definition) is 1. The Bertz CT molecular complexity index is 1160. The molecule has 1 atom stereocenters. The van der Waals surface area contributed by atoms with Crippen LogP contribution in [0.15, 0.2) is 49.1 Å². The van der Waals surface area contributed by atoms with E-state index in [1.165, 1.54) is 17.5 Å². The van der Waals surface area contributed by atoms with E-state index < -0.39 is 0 Å². The van der Waals surface area contributed by atoms with E-state index in [0.717, 1.165) is 52.7 Å². The van der Waals surface area contributed by atoms with Crippen molar-refractivity contribution in [1.29, 1.82) is 0 Å². The van der Waals surface area contributed by atoms with Gasteiger partial charge in [0.1, 0.15) is 11.4 Å². The number of pyridine rings is 1. The van der Waals surface area contributed by atoms with E-state index in [1.807, 2.05) is 37.5 Å². The molecule has 0 fully saturated rings. The SMILES string of the molecule is Cc1n[nH]nc1-c1ccnc(-c2cn(C[C@H]3CCCc4cccc(Cl)c43)cn2)c1. The third-order valence-electron chi connectivity index (χ3n) is 5.63. The summed E-state index contributed by atoms with van der Waals surface area (Å²) < 4.78 is 2.15. The zero-order chi connectivity index (χ0) is 19.8. The lowest BCUT2D eigenvalue weighted by atomic mass is 9.82. The molecule has 3 heterocycles. The number of aryl methyl sites for hydroxylation is 2. The summed E-state index contributed by atoms with van der Waals surface area (Å²) in [6, 6.07) is 10.2. The third kappa shape index (κ3) is 3.44. The number of benzene rings is 1. The van der Waals surface area contributed by atoms with E-state index in [4.69, 9.17) is 11.6 Å². The van der Waals surface area contributed by atoms with Crippen LogP contribution in [-0.2, 0) is 13.0 Å². The van der Waals surface area contributed by atoms with Crippen LogP contribution in [0.2, 0.25) is 5.02 Å². The van der Waals surface area contributed by atoms with Crippen LogP contribution in [0.4, 0.5) is 0 Å². The average molecular weight is 405 g/mol. The number of nitrogens with zero attached hydrogens (tertiary/aromatic N) is 5. The minimum atomic E-state index is 0.409. The van der Waals surface area contributed by atoms with Gasteiger partial charge < -0.3 is 4.57 Å². The van der Waals surface area contributed by atoms with Crippen LogP contribution in [0.1, 0.15) is 35.6 Å². The molecule has 0 saturated heterocycles. The molecule has 5 rings (SSSR count). The molecule has 1 N–H and O–H groups in total. The van der Waals surface area contributed by atoms with Crippen LogP contribution < -0.4 is 0 Å². The molecule has 3 aromatic heterocycles. The van der Waals surface area contributed by atoms with Gasteiger partial charge in [-0.2, -0.15) is 15.4 Å². The lowest BCUT2D eigenvalue weighted by Gasteiger charge is -2.26. The predicted octanol–water partition coefficient (Wildman–Crippen LogP) is 4.81. The molecule has 7 heteroatoms. The quantitative estimate of drug-likeness (QED) is 0.529. The highest BCUT2D eigenvalue weighted by Gasteiger charge is 2.23. The monoisotopic (exact) mass is 404 g/mol. The lowest BCUT2D eigenvalue weighted by Crippen LogP contribution is -2.15. The Hall–Kier alpha value is -2.99. The zero-order valence-corrected chi connectivity index (χ0v) is 16.9. The van der Waals surface area contributed by atoms with Gasteiger partial charge in [0.2, 0.25) is 0 Å². The van der Waals surface area contributed by atoms with Crippen LogP contribution in [0.5, 0.6) is 0 Å². The van der Waals surface area contributed by atoms with Crippen molar-refractivity contribution in [3.8, 4) is 22.6 Å². The second-order valence-corrected chi connectivity index (χ2v) is 7.95. The zero-order valence-electron chi connectivity index (χ0n) is 16.1. The number of fused-ring (bicyclic) bond motifs is 1. The summed E-state index contributed by atoms with van der Waals surface area (Å²) in [6.07, 6.45) is 9.18. The van der Waals surface area contributed by atoms with E-state index in [9.17, 15) is 0 Å². The van der Waals surface area contributed by atoms with Crippen molar-refractivity contribution in [3.05, 3.63) is 70.9 Å². The van der Waals surface area contributed by atoms with Crippen LogP contribution >= 0.6 is 11.6 Å². The van der Waals surface area contributed by atoms with E-state index in [1.54, 1.807) is 6.20 Å². The molecule has 0 unspecified atom stereocenters. The van der Waals surface area contributed by atoms with E-state index in [2.05, 4.69) is 42.2 Å². The Balaban J connectivity index is 1.41. The fraction of sp³-hybridized carbons (Fsp3) is 0.273. The van der Waals surface area contributed by atoms with Gasteiger partial charge in [-0.1, -0.05) is 23.7 Å². The van der Waals surface area contributed by atoms with Crippen LogP contribution in [0.3, 0.4) is 0 Å². The topological polar surface area (TPSA) is 72.3 Å². The Morgan fingerprint density at radius 2 is 2.10 bits per heavy atom. The van der Waals surface area contributed by atoms with Crippen LogP contribution in [0.25, 0.3) is 22.6 Å². The van der Waals surface area contributed by atoms with Gasteiger partial charge in [0.25, 0.3) is 0 Å². The highest BCUT2D eigenvalue weighted by Crippen LogP contribution is 2.37. The largest absolute Gasteiger partial charge is 0.336 e. The maximum atomic E-state index is 6.53. The van der Waals surface area contributed by atoms with Crippen molar-refractivity contribution < 1.29 is 0 Å². The smallest absolute Gasteiger partial charge is 0.115 e. The highest BCUT2D eigenvalue weighted by atomic mass is 35.5. The van der Waals surface area contributed by atoms with E-state index >= 15 is 0 Å². The first kappa shape index (κ1) is 18.1. The summed E-state index contributed by atoms with van der Waals surface area (Å²) in [7, 11) is 0. The molecular weight excluding hydrogens is 384 g/mol. The minimum absolute atomic E-state index is 0.409. The summed E-state index contributed by atoms with van der Waals surface area (Å²) in [5.74, 6) is 0.409. The maximum Gasteiger partial charge on any atom is 0.115 e. The summed E-state index contributed by atoms with van der Waals surface area (Å²) >= 11 is 6.53.